The number of aryl methyl sites for hydroxylation is 2. The fourth-order valence-electron chi connectivity index (χ4n) is 2.29. The molecule has 0 saturated heterocycles. The molecule has 0 aromatic heterocycles. The third-order valence-electron chi connectivity index (χ3n) is 3.63. The van der Waals surface area contributed by atoms with Crippen molar-refractivity contribution in [3.8, 4) is 5.75 Å². The molecule has 0 spiro atoms. The number of rotatable bonds is 5. The number of carbonyl (C=O) groups excluding carboxylic acids is 2. The molecule has 2 aromatic carbocycles. The Morgan fingerprint density at radius 2 is 1.75 bits per heavy atom. The van der Waals surface area contributed by atoms with E-state index < -0.39 is 11.8 Å². The van der Waals surface area contributed by atoms with Crippen LogP contribution in [0.1, 0.15) is 16.7 Å². The molecule has 0 aliphatic heterocycles. The second-order valence-corrected chi connectivity index (χ2v) is 6.67. The third kappa shape index (κ3) is 6.68. The average Bonchev–Trinajstić information content (AvgIpc) is 2.65. The summed E-state index contributed by atoms with van der Waals surface area (Å²) < 4.78 is 5.54. The van der Waals surface area contributed by atoms with Gasteiger partial charge in [-0.15, -0.1) is 0 Å². The molecule has 2 aromatic rings. The van der Waals surface area contributed by atoms with Gasteiger partial charge in [0.1, 0.15) is 5.75 Å². The van der Waals surface area contributed by atoms with Crippen molar-refractivity contribution in [2.24, 2.45) is 0 Å². The molecule has 3 N–H and O–H groups in total. The van der Waals surface area contributed by atoms with Crippen LogP contribution in [0.2, 0.25) is 5.02 Å². The molecule has 0 bridgehead atoms. The van der Waals surface area contributed by atoms with Crippen LogP contribution in [0.3, 0.4) is 0 Å². The van der Waals surface area contributed by atoms with Crippen molar-refractivity contribution in [2.75, 3.05) is 6.61 Å². The summed E-state index contributed by atoms with van der Waals surface area (Å²) in [6, 6.07) is 12.8. The summed E-state index contributed by atoms with van der Waals surface area (Å²) >= 11 is 11.0. The largest absolute Gasteiger partial charge is 0.483 e. The first-order chi connectivity index (χ1) is 13.4. The molecular formula is C20H20ClN3O3S. The van der Waals surface area contributed by atoms with Crippen molar-refractivity contribution < 1.29 is 14.3 Å². The Balaban J connectivity index is 1.75. The van der Waals surface area contributed by atoms with Crippen LogP contribution in [-0.2, 0) is 9.59 Å². The van der Waals surface area contributed by atoms with Gasteiger partial charge >= 0.3 is 0 Å². The summed E-state index contributed by atoms with van der Waals surface area (Å²) in [5.41, 5.74) is 7.39. The first kappa shape index (κ1) is 21.4. The maximum absolute atomic E-state index is 11.9. The first-order valence-electron chi connectivity index (χ1n) is 8.38. The van der Waals surface area contributed by atoms with Crippen LogP contribution < -0.4 is 20.9 Å². The average molecular weight is 418 g/mol. The summed E-state index contributed by atoms with van der Waals surface area (Å²) in [7, 11) is 0. The number of carbonyl (C=O) groups is 2. The number of benzene rings is 2. The third-order valence-corrected chi connectivity index (χ3v) is 4.18. The highest BCUT2D eigenvalue weighted by Crippen LogP contribution is 2.22. The highest BCUT2D eigenvalue weighted by molar-refractivity contribution is 7.80. The molecule has 0 unspecified atom stereocenters. The molecular weight excluding hydrogens is 398 g/mol. The molecule has 0 atom stereocenters. The summed E-state index contributed by atoms with van der Waals surface area (Å²) in [6.07, 6.45) is 2.86. The molecule has 6 nitrogen and oxygen atoms in total. The second-order valence-electron chi connectivity index (χ2n) is 5.86. The fourth-order valence-corrected chi connectivity index (χ4v) is 2.64. The van der Waals surface area contributed by atoms with E-state index in [2.05, 4.69) is 16.2 Å². The second kappa shape index (κ2) is 10.4. The van der Waals surface area contributed by atoms with E-state index in [-0.39, 0.29) is 11.7 Å². The van der Waals surface area contributed by atoms with E-state index >= 15 is 0 Å². The molecule has 2 rings (SSSR count). The molecule has 146 valence electrons. The van der Waals surface area contributed by atoms with E-state index in [9.17, 15) is 9.59 Å². The topological polar surface area (TPSA) is 79.5 Å². The van der Waals surface area contributed by atoms with Gasteiger partial charge in [0.05, 0.1) is 0 Å². The van der Waals surface area contributed by atoms with Crippen LogP contribution in [0.4, 0.5) is 0 Å². The van der Waals surface area contributed by atoms with Crippen LogP contribution >= 0.6 is 23.8 Å². The summed E-state index contributed by atoms with van der Waals surface area (Å²) in [6.45, 7) is 3.61. The van der Waals surface area contributed by atoms with Gasteiger partial charge in [0, 0.05) is 11.1 Å². The maximum Gasteiger partial charge on any atom is 0.276 e. The van der Waals surface area contributed by atoms with E-state index in [0.717, 1.165) is 11.1 Å². The number of amides is 2. The van der Waals surface area contributed by atoms with E-state index in [4.69, 9.17) is 28.6 Å². The van der Waals surface area contributed by atoms with Gasteiger partial charge in [-0.05, 0) is 54.9 Å². The Kier molecular flexibility index (Phi) is 7.98. The first-order valence-corrected chi connectivity index (χ1v) is 9.17. The lowest BCUT2D eigenvalue weighted by molar-refractivity contribution is -0.123. The number of nitrogens with one attached hydrogen (secondary N) is 3. The zero-order valence-electron chi connectivity index (χ0n) is 15.4. The van der Waals surface area contributed by atoms with E-state index in [0.29, 0.717) is 16.3 Å². The minimum absolute atomic E-state index is 0.0470. The number of ether oxygens (including phenoxy) is 1. The number of para-hydroxylation sites is 1. The molecule has 0 radical (unpaired) electrons. The molecule has 28 heavy (non-hydrogen) atoms. The number of hydrogen-bond acceptors (Lipinski definition) is 4. The monoisotopic (exact) mass is 417 g/mol. The van der Waals surface area contributed by atoms with Crippen LogP contribution in [0.25, 0.3) is 6.08 Å². The Hall–Kier alpha value is -2.90. The highest BCUT2D eigenvalue weighted by Gasteiger charge is 2.08. The van der Waals surface area contributed by atoms with Gasteiger partial charge < -0.3 is 4.74 Å². The number of halogens is 1. The lowest BCUT2D eigenvalue weighted by Crippen LogP contribution is -2.49. The number of thiocarbonyl (C=S) groups is 1. The van der Waals surface area contributed by atoms with Crippen molar-refractivity contribution >= 4 is 46.8 Å². The Labute approximate surface area is 173 Å². The maximum atomic E-state index is 11.9. The van der Waals surface area contributed by atoms with E-state index in [1.54, 1.807) is 24.3 Å². The number of hydrazine groups is 1. The predicted molar refractivity (Wildman–Crippen MR) is 114 cm³/mol. The molecule has 2 amide bonds. The molecule has 8 heteroatoms. The molecule has 0 heterocycles. The van der Waals surface area contributed by atoms with Crippen LogP contribution in [0.15, 0.2) is 48.5 Å². The molecule has 0 saturated carbocycles. The van der Waals surface area contributed by atoms with Gasteiger partial charge in [-0.1, -0.05) is 48.0 Å². The Morgan fingerprint density at radius 3 is 2.43 bits per heavy atom. The van der Waals surface area contributed by atoms with Gasteiger partial charge in [-0.3, -0.25) is 25.8 Å². The van der Waals surface area contributed by atoms with Crippen molar-refractivity contribution in [1.29, 1.82) is 0 Å². The zero-order chi connectivity index (χ0) is 20.5. The van der Waals surface area contributed by atoms with Gasteiger partial charge in [0.2, 0.25) is 5.91 Å². The van der Waals surface area contributed by atoms with Crippen molar-refractivity contribution in [1.82, 2.24) is 16.2 Å². The lowest BCUT2D eigenvalue weighted by Gasteiger charge is -2.13. The minimum atomic E-state index is -0.460. The Bertz CT molecular complexity index is 895. The highest BCUT2D eigenvalue weighted by atomic mass is 35.5. The number of hydrogen-bond donors (Lipinski definition) is 3. The SMILES string of the molecule is Cc1cccc(C)c1OCC(=O)NNC(=S)NC(=O)/C=C/c1ccccc1Cl. The van der Waals surface area contributed by atoms with Gasteiger partial charge in [0.25, 0.3) is 5.91 Å². The summed E-state index contributed by atoms with van der Waals surface area (Å²) in [4.78, 5) is 23.7. The standard InChI is InChI=1S/C20H20ClN3O3S/c1-13-6-5-7-14(2)19(13)27-12-18(26)23-24-20(28)22-17(25)11-10-15-8-3-4-9-16(15)21/h3-11H,12H2,1-2H3,(H,23,26)(H2,22,24,25,28)/b11-10+. The molecule has 0 aliphatic rings. The van der Waals surface area contributed by atoms with Crippen LogP contribution in [0.5, 0.6) is 5.75 Å². The predicted octanol–water partition coefficient (Wildman–Crippen LogP) is 3.07. The zero-order valence-corrected chi connectivity index (χ0v) is 17.0. The summed E-state index contributed by atoms with van der Waals surface area (Å²) in [5, 5.41) is 2.90. The molecule has 0 fully saturated rings. The smallest absolute Gasteiger partial charge is 0.276 e. The van der Waals surface area contributed by atoms with Crippen LogP contribution in [0, 0.1) is 13.8 Å². The molecule has 0 aliphatic carbocycles. The van der Waals surface area contributed by atoms with Gasteiger partial charge in [-0.25, -0.2) is 0 Å². The summed E-state index contributed by atoms with van der Waals surface area (Å²) in [5.74, 6) is -0.234. The van der Waals surface area contributed by atoms with Crippen molar-refractivity contribution in [3.63, 3.8) is 0 Å². The van der Waals surface area contributed by atoms with Crippen LogP contribution in [-0.4, -0.2) is 23.5 Å². The minimum Gasteiger partial charge on any atom is -0.483 e. The van der Waals surface area contributed by atoms with Crippen molar-refractivity contribution in [2.45, 2.75) is 13.8 Å². The quantitative estimate of drug-likeness (QED) is 0.396. The fraction of sp³-hybridized carbons (Fsp3) is 0.150. The lowest BCUT2D eigenvalue weighted by atomic mass is 10.1. The normalized spacial score (nSPS) is 10.4. The van der Waals surface area contributed by atoms with Crippen molar-refractivity contribution in [3.05, 3.63) is 70.3 Å². The van der Waals surface area contributed by atoms with E-state index in [1.165, 1.54) is 6.08 Å². The van der Waals surface area contributed by atoms with E-state index in [1.807, 2.05) is 38.1 Å². The van der Waals surface area contributed by atoms with Gasteiger partial charge in [-0.2, -0.15) is 0 Å². The van der Waals surface area contributed by atoms with Gasteiger partial charge in [0.15, 0.2) is 11.7 Å². The Morgan fingerprint density at radius 1 is 1.07 bits per heavy atom.